The Balaban J connectivity index is 1.77. The first-order chi connectivity index (χ1) is 15.8. The molecule has 0 amide bonds. The van der Waals surface area contributed by atoms with Gasteiger partial charge in [-0.3, -0.25) is 0 Å². The zero-order chi connectivity index (χ0) is 23.0. The van der Waals surface area contributed by atoms with Gasteiger partial charge in [0.15, 0.2) is 0 Å². The molecule has 164 valence electrons. The summed E-state index contributed by atoms with van der Waals surface area (Å²) in [5.41, 5.74) is 0.292. The SMILES string of the molecule is COc1ccc2c(c1)c1ccccc1c1cc(B3OC(C)(C)C(C)(C)O3)c3ccccc3c21. The van der Waals surface area contributed by atoms with Crippen LogP contribution in [0.25, 0.3) is 43.1 Å². The van der Waals surface area contributed by atoms with Crippen LogP contribution in [0.4, 0.5) is 0 Å². The minimum atomic E-state index is -0.422. The van der Waals surface area contributed by atoms with Crippen LogP contribution in [0.5, 0.6) is 5.75 Å². The van der Waals surface area contributed by atoms with Crippen molar-refractivity contribution in [1.29, 1.82) is 0 Å². The molecule has 1 saturated heterocycles. The van der Waals surface area contributed by atoms with Crippen molar-refractivity contribution in [3.8, 4) is 5.75 Å². The van der Waals surface area contributed by atoms with Crippen LogP contribution in [-0.2, 0) is 9.31 Å². The van der Waals surface area contributed by atoms with Gasteiger partial charge in [-0.15, -0.1) is 0 Å². The summed E-state index contributed by atoms with van der Waals surface area (Å²) in [6.45, 7) is 8.41. The van der Waals surface area contributed by atoms with E-state index in [-0.39, 0.29) is 0 Å². The third kappa shape index (κ3) is 2.91. The zero-order valence-corrected chi connectivity index (χ0v) is 19.7. The van der Waals surface area contributed by atoms with E-state index >= 15 is 0 Å². The van der Waals surface area contributed by atoms with E-state index in [9.17, 15) is 0 Å². The minimum Gasteiger partial charge on any atom is -0.497 e. The third-order valence-corrected chi connectivity index (χ3v) is 7.59. The smallest absolute Gasteiger partial charge is 0.495 e. The molecule has 0 aromatic heterocycles. The van der Waals surface area contributed by atoms with Crippen molar-refractivity contribution in [2.75, 3.05) is 7.11 Å². The summed E-state index contributed by atoms with van der Waals surface area (Å²) in [4.78, 5) is 0. The summed E-state index contributed by atoms with van der Waals surface area (Å²) < 4.78 is 18.6. The lowest BCUT2D eigenvalue weighted by molar-refractivity contribution is 0.00578. The average molecular weight is 434 g/mol. The molecule has 33 heavy (non-hydrogen) atoms. The third-order valence-electron chi connectivity index (χ3n) is 7.59. The highest BCUT2D eigenvalue weighted by Crippen LogP contribution is 2.41. The van der Waals surface area contributed by atoms with Gasteiger partial charge in [0.2, 0.25) is 0 Å². The predicted molar refractivity (Wildman–Crippen MR) is 139 cm³/mol. The fourth-order valence-electron chi connectivity index (χ4n) is 5.12. The van der Waals surface area contributed by atoms with Gasteiger partial charge in [0.25, 0.3) is 0 Å². The van der Waals surface area contributed by atoms with E-state index in [2.05, 4.69) is 94.4 Å². The van der Waals surface area contributed by atoms with Gasteiger partial charge in [-0.25, -0.2) is 0 Å². The maximum absolute atomic E-state index is 6.50. The quantitative estimate of drug-likeness (QED) is 0.231. The van der Waals surface area contributed by atoms with E-state index in [4.69, 9.17) is 14.0 Å². The number of benzene rings is 5. The van der Waals surface area contributed by atoms with Gasteiger partial charge in [0, 0.05) is 0 Å². The fraction of sp³-hybridized carbons (Fsp3) is 0.241. The molecule has 0 spiro atoms. The summed E-state index contributed by atoms with van der Waals surface area (Å²) in [7, 11) is 1.30. The Hall–Kier alpha value is -3.08. The molecule has 5 aromatic rings. The number of hydrogen-bond acceptors (Lipinski definition) is 3. The summed E-state index contributed by atoms with van der Waals surface area (Å²) >= 11 is 0. The van der Waals surface area contributed by atoms with Crippen molar-refractivity contribution in [2.45, 2.75) is 38.9 Å². The Bertz CT molecular complexity index is 1550. The van der Waals surface area contributed by atoms with Crippen LogP contribution in [0.1, 0.15) is 27.7 Å². The molecular formula is C29H27BO3. The summed E-state index contributed by atoms with van der Waals surface area (Å²) in [6, 6.07) is 25.9. The van der Waals surface area contributed by atoms with Crippen molar-refractivity contribution in [3.63, 3.8) is 0 Å². The molecule has 0 saturated carbocycles. The van der Waals surface area contributed by atoms with Gasteiger partial charge in [-0.1, -0.05) is 60.7 Å². The Morgan fingerprint density at radius 2 is 1.15 bits per heavy atom. The van der Waals surface area contributed by atoms with Crippen LogP contribution in [0.2, 0.25) is 0 Å². The number of fused-ring (bicyclic) bond motifs is 8. The van der Waals surface area contributed by atoms with Gasteiger partial charge in [0.1, 0.15) is 5.75 Å². The van der Waals surface area contributed by atoms with Crippen LogP contribution in [0.15, 0.2) is 72.8 Å². The largest absolute Gasteiger partial charge is 0.497 e. The number of hydrogen-bond donors (Lipinski definition) is 0. The van der Waals surface area contributed by atoms with Crippen LogP contribution in [0, 0.1) is 0 Å². The second-order valence-corrected chi connectivity index (χ2v) is 9.98. The molecule has 0 atom stereocenters. The number of ether oxygens (including phenoxy) is 1. The first-order valence-electron chi connectivity index (χ1n) is 11.5. The van der Waals surface area contributed by atoms with E-state index in [1.165, 1.54) is 37.7 Å². The van der Waals surface area contributed by atoms with E-state index in [0.29, 0.717) is 0 Å². The van der Waals surface area contributed by atoms with Crippen LogP contribution < -0.4 is 10.2 Å². The Morgan fingerprint density at radius 3 is 1.79 bits per heavy atom. The first kappa shape index (κ1) is 20.5. The van der Waals surface area contributed by atoms with Gasteiger partial charge >= 0.3 is 7.12 Å². The van der Waals surface area contributed by atoms with Crippen molar-refractivity contribution >= 4 is 55.7 Å². The summed E-state index contributed by atoms with van der Waals surface area (Å²) in [5.74, 6) is 0.866. The molecule has 0 radical (unpaired) electrons. The second kappa shape index (κ2) is 6.96. The van der Waals surface area contributed by atoms with Crippen molar-refractivity contribution in [1.82, 2.24) is 0 Å². The molecule has 6 rings (SSSR count). The minimum absolute atomic E-state index is 0.393. The Morgan fingerprint density at radius 1 is 0.606 bits per heavy atom. The number of methoxy groups -OCH3 is 1. The molecule has 1 fully saturated rings. The first-order valence-corrected chi connectivity index (χ1v) is 11.5. The topological polar surface area (TPSA) is 27.7 Å². The molecule has 4 heteroatoms. The molecule has 1 heterocycles. The monoisotopic (exact) mass is 434 g/mol. The molecule has 0 N–H and O–H groups in total. The van der Waals surface area contributed by atoms with E-state index in [1.807, 2.05) is 6.07 Å². The lowest BCUT2D eigenvalue weighted by Gasteiger charge is -2.32. The second-order valence-electron chi connectivity index (χ2n) is 9.98. The standard InChI is InChI=1S/C29H27BO3/c1-28(2)29(3,4)33-30(32-28)26-17-25-20-11-7-6-10-19(20)24-16-18(31-5)14-15-23(24)27(25)22-13-9-8-12-21(22)26/h6-17H,1-5H3. The van der Waals surface area contributed by atoms with Crippen molar-refractivity contribution in [2.24, 2.45) is 0 Å². The average Bonchev–Trinajstić information content (AvgIpc) is 3.04. The predicted octanol–water partition coefficient (Wildman–Crippen LogP) is 6.61. The van der Waals surface area contributed by atoms with Crippen LogP contribution in [0.3, 0.4) is 0 Å². The summed E-state index contributed by atoms with van der Waals surface area (Å²) in [5, 5.41) is 9.70. The van der Waals surface area contributed by atoms with Crippen LogP contribution in [-0.4, -0.2) is 25.4 Å². The Labute approximate surface area is 194 Å². The summed E-state index contributed by atoms with van der Waals surface area (Å²) in [6.07, 6.45) is 0. The zero-order valence-electron chi connectivity index (χ0n) is 19.7. The van der Waals surface area contributed by atoms with Crippen LogP contribution >= 0.6 is 0 Å². The molecular weight excluding hydrogens is 407 g/mol. The van der Waals surface area contributed by atoms with Crippen molar-refractivity contribution in [3.05, 3.63) is 72.8 Å². The van der Waals surface area contributed by atoms with Crippen molar-refractivity contribution < 1.29 is 14.0 Å². The highest BCUT2D eigenvalue weighted by molar-refractivity contribution is 6.66. The maximum Gasteiger partial charge on any atom is 0.495 e. The van der Waals surface area contributed by atoms with E-state index in [1.54, 1.807) is 7.11 Å². The molecule has 0 aliphatic carbocycles. The van der Waals surface area contributed by atoms with E-state index in [0.717, 1.165) is 16.6 Å². The molecule has 1 aliphatic rings. The number of rotatable bonds is 2. The maximum atomic E-state index is 6.50. The lowest BCUT2D eigenvalue weighted by atomic mass is 9.74. The Kier molecular flexibility index (Phi) is 4.33. The highest BCUT2D eigenvalue weighted by Gasteiger charge is 2.52. The molecule has 5 aromatic carbocycles. The molecule has 1 aliphatic heterocycles. The van der Waals surface area contributed by atoms with Gasteiger partial charge in [0.05, 0.1) is 18.3 Å². The molecule has 0 unspecified atom stereocenters. The normalized spacial score (nSPS) is 17.4. The molecule has 0 bridgehead atoms. The molecule has 3 nitrogen and oxygen atoms in total. The van der Waals surface area contributed by atoms with Gasteiger partial charge < -0.3 is 14.0 Å². The fourth-order valence-corrected chi connectivity index (χ4v) is 5.12. The van der Waals surface area contributed by atoms with Gasteiger partial charge in [-0.05, 0) is 88.4 Å². The van der Waals surface area contributed by atoms with Gasteiger partial charge in [-0.2, -0.15) is 0 Å². The highest BCUT2D eigenvalue weighted by atomic mass is 16.7. The van der Waals surface area contributed by atoms with E-state index < -0.39 is 18.3 Å². The lowest BCUT2D eigenvalue weighted by Crippen LogP contribution is -2.41.